The van der Waals surface area contributed by atoms with Crippen molar-refractivity contribution in [3.05, 3.63) is 77.1 Å². The van der Waals surface area contributed by atoms with Gasteiger partial charge < -0.3 is 9.64 Å². The molecular formula is C26H30N4O2. The van der Waals surface area contributed by atoms with Crippen molar-refractivity contribution in [2.24, 2.45) is 0 Å². The highest BCUT2D eigenvalue weighted by Crippen LogP contribution is 2.29. The number of aromatic nitrogens is 2. The quantitative estimate of drug-likeness (QED) is 0.619. The second kappa shape index (κ2) is 9.17. The third-order valence-corrected chi connectivity index (χ3v) is 6.57. The molecule has 166 valence electrons. The maximum atomic E-state index is 13.5. The van der Waals surface area contributed by atoms with Crippen LogP contribution in [0.25, 0.3) is 5.69 Å². The summed E-state index contributed by atoms with van der Waals surface area (Å²) in [7, 11) is 1.69. The molecule has 2 aliphatic rings. The second-order valence-electron chi connectivity index (χ2n) is 8.64. The Morgan fingerprint density at radius 2 is 1.75 bits per heavy atom. The number of ether oxygens (including phenoxy) is 1. The minimum atomic E-state index is 0.0872. The largest absolute Gasteiger partial charge is 0.497 e. The average Bonchev–Trinajstić information content (AvgIpc) is 3.37. The van der Waals surface area contributed by atoms with Crippen LogP contribution in [0, 0.1) is 0 Å². The van der Waals surface area contributed by atoms with Crippen LogP contribution in [0.15, 0.2) is 54.6 Å². The van der Waals surface area contributed by atoms with Gasteiger partial charge in [-0.15, -0.1) is 0 Å². The molecule has 5 rings (SSSR count). The van der Waals surface area contributed by atoms with Gasteiger partial charge in [-0.3, -0.25) is 9.69 Å². The molecule has 32 heavy (non-hydrogen) atoms. The van der Waals surface area contributed by atoms with Crippen LogP contribution >= 0.6 is 0 Å². The van der Waals surface area contributed by atoms with Crippen LogP contribution in [-0.4, -0.2) is 58.8 Å². The molecule has 0 saturated carbocycles. The topological polar surface area (TPSA) is 50.6 Å². The predicted molar refractivity (Wildman–Crippen MR) is 124 cm³/mol. The van der Waals surface area contributed by atoms with Crippen LogP contribution in [0.3, 0.4) is 0 Å². The molecule has 1 saturated heterocycles. The number of amides is 1. The number of benzene rings is 2. The zero-order valence-electron chi connectivity index (χ0n) is 18.7. The maximum Gasteiger partial charge on any atom is 0.274 e. The number of hydrogen-bond acceptors (Lipinski definition) is 4. The number of methoxy groups -OCH3 is 1. The Hall–Kier alpha value is -3.12. The van der Waals surface area contributed by atoms with Crippen LogP contribution in [0.5, 0.6) is 5.75 Å². The molecule has 0 radical (unpaired) electrons. The van der Waals surface area contributed by atoms with Crippen molar-refractivity contribution in [2.45, 2.75) is 32.2 Å². The van der Waals surface area contributed by atoms with Gasteiger partial charge in [0.15, 0.2) is 5.69 Å². The zero-order chi connectivity index (χ0) is 21.9. The summed E-state index contributed by atoms with van der Waals surface area (Å²) in [4.78, 5) is 17.9. The highest BCUT2D eigenvalue weighted by molar-refractivity contribution is 5.94. The van der Waals surface area contributed by atoms with E-state index in [1.807, 2.05) is 39.9 Å². The zero-order valence-corrected chi connectivity index (χ0v) is 18.7. The van der Waals surface area contributed by atoms with Gasteiger partial charge in [0.2, 0.25) is 0 Å². The lowest BCUT2D eigenvalue weighted by Gasteiger charge is -2.22. The van der Waals surface area contributed by atoms with Crippen LogP contribution < -0.4 is 4.74 Å². The summed E-state index contributed by atoms with van der Waals surface area (Å²) in [5.41, 5.74) is 5.31. The van der Waals surface area contributed by atoms with E-state index in [4.69, 9.17) is 9.84 Å². The van der Waals surface area contributed by atoms with Gasteiger partial charge in [-0.2, -0.15) is 5.10 Å². The normalized spacial score (nSPS) is 16.6. The smallest absolute Gasteiger partial charge is 0.274 e. The highest BCUT2D eigenvalue weighted by Gasteiger charge is 2.30. The molecule has 2 aromatic carbocycles. The molecule has 1 aliphatic heterocycles. The van der Waals surface area contributed by atoms with E-state index in [1.54, 1.807) is 7.11 Å². The first-order valence-electron chi connectivity index (χ1n) is 11.5. The van der Waals surface area contributed by atoms with Gasteiger partial charge in [0.25, 0.3) is 5.91 Å². The lowest BCUT2D eigenvalue weighted by Crippen LogP contribution is -2.35. The van der Waals surface area contributed by atoms with Crippen molar-refractivity contribution in [1.82, 2.24) is 19.6 Å². The van der Waals surface area contributed by atoms with E-state index in [1.165, 1.54) is 11.3 Å². The van der Waals surface area contributed by atoms with Crippen LogP contribution in [0.4, 0.5) is 0 Å². The fourth-order valence-corrected chi connectivity index (χ4v) is 4.86. The third kappa shape index (κ3) is 4.15. The summed E-state index contributed by atoms with van der Waals surface area (Å²) in [6.07, 6.45) is 4.00. The molecule has 1 amide bonds. The van der Waals surface area contributed by atoms with E-state index in [-0.39, 0.29) is 5.91 Å². The minimum absolute atomic E-state index is 0.0872. The van der Waals surface area contributed by atoms with E-state index >= 15 is 0 Å². The van der Waals surface area contributed by atoms with Gasteiger partial charge in [-0.05, 0) is 55.5 Å². The van der Waals surface area contributed by atoms with Crippen molar-refractivity contribution in [2.75, 3.05) is 33.3 Å². The Morgan fingerprint density at radius 3 is 2.53 bits per heavy atom. The predicted octanol–water partition coefficient (Wildman–Crippen LogP) is 3.72. The van der Waals surface area contributed by atoms with Crippen molar-refractivity contribution in [3.8, 4) is 11.4 Å². The van der Waals surface area contributed by atoms with E-state index in [2.05, 4.69) is 29.2 Å². The molecule has 6 nitrogen and oxygen atoms in total. The summed E-state index contributed by atoms with van der Waals surface area (Å²) in [6, 6.07) is 18.4. The van der Waals surface area contributed by atoms with Crippen molar-refractivity contribution >= 4 is 5.91 Å². The Bertz CT molecular complexity index is 1080. The van der Waals surface area contributed by atoms with E-state index in [9.17, 15) is 4.79 Å². The van der Waals surface area contributed by atoms with Gasteiger partial charge in [-0.1, -0.05) is 30.3 Å². The molecule has 0 N–H and O–H groups in total. The standard InChI is InChI=1S/C26H30N4O2/c1-32-22-13-11-20(12-14-22)19-28-15-6-16-29(18-17-28)26(31)25-23-9-5-10-24(23)30(27-25)21-7-3-2-4-8-21/h2-4,7-8,11-14H,5-6,9-10,15-19H2,1H3. The summed E-state index contributed by atoms with van der Waals surface area (Å²) in [5.74, 6) is 0.966. The van der Waals surface area contributed by atoms with Gasteiger partial charge in [0, 0.05) is 44.0 Å². The summed E-state index contributed by atoms with van der Waals surface area (Å²) in [5, 5.41) is 4.81. The summed E-state index contributed by atoms with van der Waals surface area (Å²) >= 11 is 0. The van der Waals surface area contributed by atoms with Gasteiger partial charge in [-0.25, -0.2) is 4.68 Å². The molecule has 3 aromatic rings. The van der Waals surface area contributed by atoms with Crippen LogP contribution in [0.1, 0.15) is 40.2 Å². The number of fused-ring (bicyclic) bond motifs is 1. The van der Waals surface area contributed by atoms with Crippen molar-refractivity contribution in [3.63, 3.8) is 0 Å². The summed E-state index contributed by atoms with van der Waals surface area (Å²) in [6.45, 7) is 4.28. The average molecular weight is 431 g/mol. The molecule has 1 aromatic heterocycles. The Balaban J connectivity index is 1.29. The van der Waals surface area contributed by atoms with Gasteiger partial charge in [0.1, 0.15) is 5.75 Å². The number of para-hydroxylation sites is 1. The number of carbonyl (C=O) groups is 1. The Labute approximate surface area is 189 Å². The number of nitrogens with zero attached hydrogens (tertiary/aromatic N) is 4. The number of rotatable bonds is 5. The molecule has 1 fully saturated rings. The fraction of sp³-hybridized carbons (Fsp3) is 0.385. The lowest BCUT2D eigenvalue weighted by molar-refractivity contribution is 0.0753. The van der Waals surface area contributed by atoms with Crippen LogP contribution in [-0.2, 0) is 19.4 Å². The minimum Gasteiger partial charge on any atom is -0.497 e. The lowest BCUT2D eigenvalue weighted by atomic mass is 10.2. The first-order chi connectivity index (χ1) is 15.7. The molecular weight excluding hydrogens is 400 g/mol. The first-order valence-corrected chi connectivity index (χ1v) is 11.5. The van der Waals surface area contributed by atoms with E-state index in [0.29, 0.717) is 5.69 Å². The molecule has 0 unspecified atom stereocenters. The molecule has 0 spiro atoms. The molecule has 2 heterocycles. The van der Waals surface area contributed by atoms with E-state index in [0.717, 1.165) is 75.4 Å². The Kier molecular flexibility index (Phi) is 5.95. The number of carbonyl (C=O) groups excluding carboxylic acids is 1. The van der Waals surface area contributed by atoms with E-state index < -0.39 is 0 Å². The van der Waals surface area contributed by atoms with Crippen molar-refractivity contribution < 1.29 is 9.53 Å². The Morgan fingerprint density at radius 1 is 0.938 bits per heavy atom. The summed E-state index contributed by atoms with van der Waals surface area (Å²) < 4.78 is 7.25. The molecule has 0 atom stereocenters. The SMILES string of the molecule is COc1ccc(CN2CCCN(C(=O)c3nn(-c4ccccc4)c4c3CCC4)CC2)cc1. The molecule has 0 bridgehead atoms. The van der Waals surface area contributed by atoms with Gasteiger partial charge >= 0.3 is 0 Å². The first kappa shape index (κ1) is 20.8. The number of hydrogen-bond donors (Lipinski definition) is 0. The molecule has 1 aliphatic carbocycles. The van der Waals surface area contributed by atoms with Crippen LogP contribution in [0.2, 0.25) is 0 Å². The molecule has 6 heteroatoms. The second-order valence-corrected chi connectivity index (χ2v) is 8.64. The fourth-order valence-electron chi connectivity index (χ4n) is 4.86. The third-order valence-electron chi connectivity index (χ3n) is 6.57. The van der Waals surface area contributed by atoms with Gasteiger partial charge in [0.05, 0.1) is 12.8 Å². The monoisotopic (exact) mass is 430 g/mol. The van der Waals surface area contributed by atoms with Crippen molar-refractivity contribution in [1.29, 1.82) is 0 Å². The maximum absolute atomic E-state index is 13.5. The highest BCUT2D eigenvalue weighted by atomic mass is 16.5.